The maximum Gasteiger partial charge on any atom is 0.156 e. The second-order valence-corrected chi connectivity index (χ2v) is 4.06. The summed E-state index contributed by atoms with van der Waals surface area (Å²) in [6.07, 6.45) is 3.40. The first-order valence-electron chi connectivity index (χ1n) is 6.18. The standard InChI is InChI=1S/C15H17N3O2/c1-19-13-6-5-12(14(8-13)20-2)10-18-15-11(9-16)4-3-7-17-15/h3-8,10H,9,16H2,1-2H3. The SMILES string of the molecule is COc1ccc(C=Nc2ncccc2CN)c(OC)c1. The van der Waals surface area contributed by atoms with E-state index in [-0.39, 0.29) is 0 Å². The van der Waals surface area contributed by atoms with Gasteiger partial charge in [-0.3, -0.25) is 0 Å². The van der Waals surface area contributed by atoms with Gasteiger partial charge >= 0.3 is 0 Å². The highest BCUT2D eigenvalue weighted by Gasteiger charge is 2.04. The summed E-state index contributed by atoms with van der Waals surface area (Å²) in [6.45, 7) is 0.403. The van der Waals surface area contributed by atoms with Crippen LogP contribution in [0.3, 0.4) is 0 Å². The number of nitrogens with zero attached hydrogens (tertiary/aromatic N) is 2. The molecule has 0 atom stereocenters. The van der Waals surface area contributed by atoms with Crippen molar-refractivity contribution in [2.45, 2.75) is 6.54 Å². The Hall–Kier alpha value is -2.40. The van der Waals surface area contributed by atoms with E-state index >= 15 is 0 Å². The molecule has 0 bridgehead atoms. The summed E-state index contributed by atoms with van der Waals surface area (Å²) in [6, 6.07) is 9.29. The Kier molecular flexibility index (Phi) is 4.68. The zero-order valence-electron chi connectivity index (χ0n) is 11.5. The second kappa shape index (κ2) is 6.68. The van der Waals surface area contributed by atoms with Crippen LogP contribution in [0.2, 0.25) is 0 Å². The molecule has 0 unspecified atom stereocenters. The Labute approximate surface area is 118 Å². The molecule has 0 saturated heterocycles. The molecule has 1 heterocycles. The Balaban J connectivity index is 2.31. The summed E-state index contributed by atoms with van der Waals surface area (Å²) in [7, 11) is 3.22. The average Bonchev–Trinajstić information content (AvgIpc) is 2.52. The lowest BCUT2D eigenvalue weighted by molar-refractivity contribution is 0.394. The highest BCUT2D eigenvalue weighted by molar-refractivity contribution is 5.85. The molecular weight excluding hydrogens is 254 g/mol. The lowest BCUT2D eigenvalue weighted by Gasteiger charge is -2.07. The molecule has 0 aliphatic rings. The van der Waals surface area contributed by atoms with Crippen molar-refractivity contribution < 1.29 is 9.47 Å². The van der Waals surface area contributed by atoms with Crippen molar-refractivity contribution in [3.63, 3.8) is 0 Å². The normalized spacial score (nSPS) is 10.8. The van der Waals surface area contributed by atoms with Gasteiger partial charge in [0.25, 0.3) is 0 Å². The fraction of sp³-hybridized carbons (Fsp3) is 0.200. The fourth-order valence-electron chi connectivity index (χ4n) is 1.76. The van der Waals surface area contributed by atoms with Gasteiger partial charge in [-0.25, -0.2) is 9.98 Å². The molecule has 0 aliphatic heterocycles. The van der Waals surface area contributed by atoms with Crippen LogP contribution in [-0.4, -0.2) is 25.4 Å². The molecule has 5 nitrogen and oxygen atoms in total. The molecule has 0 aliphatic carbocycles. The molecule has 20 heavy (non-hydrogen) atoms. The first kappa shape index (κ1) is 14.0. The topological polar surface area (TPSA) is 69.7 Å². The minimum atomic E-state index is 0.403. The van der Waals surface area contributed by atoms with Gasteiger partial charge in [-0.2, -0.15) is 0 Å². The molecule has 1 aromatic heterocycles. The van der Waals surface area contributed by atoms with Gasteiger partial charge in [0.1, 0.15) is 11.5 Å². The summed E-state index contributed by atoms with van der Waals surface area (Å²) >= 11 is 0. The second-order valence-electron chi connectivity index (χ2n) is 4.06. The van der Waals surface area contributed by atoms with E-state index in [4.69, 9.17) is 15.2 Å². The smallest absolute Gasteiger partial charge is 0.156 e. The maximum atomic E-state index is 5.66. The number of benzene rings is 1. The molecule has 0 spiro atoms. The largest absolute Gasteiger partial charge is 0.497 e. The van der Waals surface area contributed by atoms with Gasteiger partial charge in [0.15, 0.2) is 5.82 Å². The van der Waals surface area contributed by atoms with Crippen LogP contribution >= 0.6 is 0 Å². The first-order chi connectivity index (χ1) is 9.78. The Morgan fingerprint density at radius 3 is 2.80 bits per heavy atom. The third-order valence-corrected chi connectivity index (χ3v) is 2.85. The monoisotopic (exact) mass is 271 g/mol. The van der Waals surface area contributed by atoms with Crippen LogP contribution in [0.5, 0.6) is 11.5 Å². The summed E-state index contributed by atoms with van der Waals surface area (Å²) in [4.78, 5) is 8.58. The highest BCUT2D eigenvalue weighted by Crippen LogP contribution is 2.24. The number of aliphatic imine (C=N–C) groups is 1. The van der Waals surface area contributed by atoms with Gasteiger partial charge in [0, 0.05) is 36.1 Å². The van der Waals surface area contributed by atoms with Gasteiger partial charge in [-0.1, -0.05) is 6.07 Å². The number of pyridine rings is 1. The number of hydrogen-bond acceptors (Lipinski definition) is 5. The molecule has 104 valence electrons. The van der Waals surface area contributed by atoms with Crippen LogP contribution in [0.4, 0.5) is 5.82 Å². The molecule has 0 saturated carbocycles. The zero-order valence-corrected chi connectivity index (χ0v) is 11.5. The van der Waals surface area contributed by atoms with E-state index in [2.05, 4.69) is 9.98 Å². The van der Waals surface area contributed by atoms with E-state index in [1.165, 1.54) is 0 Å². The highest BCUT2D eigenvalue weighted by atomic mass is 16.5. The first-order valence-corrected chi connectivity index (χ1v) is 6.18. The van der Waals surface area contributed by atoms with E-state index < -0.39 is 0 Å². The minimum absolute atomic E-state index is 0.403. The number of methoxy groups -OCH3 is 2. The third kappa shape index (κ3) is 3.13. The van der Waals surface area contributed by atoms with E-state index in [1.54, 1.807) is 26.6 Å². The van der Waals surface area contributed by atoms with Crippen molar-refractivity contribution in [3.05, 3.63) is 47.7 Å². The summed E-state index contributed by atoms with van der Waals surface area (Å²) < 4.78 is 10.5. The van der Waals surface area contributed by atoms with Gasteiger partial charge in [-0.05, 0) is 18.2 Å². The van der Waals surface area contributed by atoms with Crippen LogP contribution in [0.15, 0.2) is 41.5 Å². The molecule has 2 N–H and O–H groups in total. The average molecular weight is 271 g/mol. The number of rotatable bonds is 5. The van der Waals surface area contributed by atoms with Crippen molar-refractivity contribution in [2.75, 3.05) is 14.2 Å². The Morgan fingerprint density at radius 1 is 1.25 bits per heavy atom. The van der Waals surface area contributed by atoms with Gasteiger partial charge in [0.05, 0.1) is 14.2 Å². The number of ether oxygens (including phenoxy) is 2. The maximum absolute atomic E-state index is 5.66. The number of hydrogen-bond donors (Lipinski definition) is 1. The van der Waals surface area contributed by atoms with E-state index in [0.29, 0.717) is 18.1 Å². The van der Waals surface area contributed by atoms with E-state index in [0.717, 1.165) is 16.9 Å². The van der Waals surface area contributed by atoms with Gasteiger partial charge in [0.2, 0.25) is 0 Å². The van der Waals surface area contributed by atoms with Crippen molar-refractivity contribution >= 4 is 12.0 Å². The molecule has 2 rings (SSSR count). The molecule has 5 heteroatoms. The van der Waals surface area contributed by atoms with Gasteiger partial charge in [-0.15, -0.1) is 0 Å². The van der Waals surface area contributed by atoms with Gasteiger partial charge < -0.3 is 15.2 Å². The van der Waals surface area contributed by atoms with Crippen LogP contribution in [0, 0.1) is 0 Å². The lowest BCUT2D eigenvalue weighted by atomic mass is 10.2. The fourth-order valence-corrected chi connectivity index (χ4v) is 1.76. The quantitative estimate of drug-likeness (QED) is 0.847. The summed E-state index contributed by atoms with van der Waals surface area (Å²) in [5, 5.41) is 0. The molecule has 2 aromatic rings. The predicted molar refractivity (Wildman–Crippen MR) is 78.9 cm³/mol. The van der Waals surface area contributed by atoms with Crippen LogP contribution in [-0.2, 0) is 6.54 Å². The van der Waals surface area contributed by atoms with Crippen molar-refractivity contribution in [2.24, 2.45) is 10.7 Å². The minimum Gasteiger partial charge on any atom is -0.497 e. The predicted octanol–water partition coefficient (Wildman–Crippen LogP) is 2.31. The zero-order chi connectivity index (χ0) is 14.4. The van der Waals surface area contributed by atoms with Crippen LogP contribution < -0.4 is 15.2 Å². The summed E-state index contributed by atoms with van der Waals surface area (Å²) in [5.41, 5.74) is 7.41. The molecule has 0 fully saturated rings. The van der Waals surface area contributed by atoms with E-state index in [1.807, 2.05) is 30.3 Å². The van der Waals surface area contributed by atoms with E-state index in [9.17, 15) is 0 Å². The molecule has 0 amide bonds. The van der Waals surface area contributed by atoms with Crippen molar-refractivity contribution in [1.82, 2.24) is 4.98 Å². The van der Waals surface area contributed by atoms with Crippen molar-refractivity contribution in [3.8, 4) is 11.5 Å². The number of aromatic nitrogens is 1. The Bertz CT molecular complexity index is 612. The molecule has 0 radical (unpaired) electrons. The van der Waals surface area contributed by atoms with Crippen molar-refractivity contribution in [1.29, 1.82) is 0 Å². The van der Waals surface area contributed by atoms with Crippen LogP contribution in [0.25, 0.3) is 0 Å². The third-order valence-electron chi connectivity index (χ3n) is 2.85. The van der Waals surface area contributed by atoms with Crippen LogP contribution in [0.1, 0.15) is 11.1 Å². The Morgan fingerprint density at radius 2 is 2.10 bits per heavy atom. The summed E-state index contributed by atoms with van der Waals surface area (Å²) in [5.74, 6) is 2.05. The molecule has 1 aromatic carbocycles. The molecular formula is C15H17N3O2. The lowest BCUT2D eigenvalue weighted by Crippen LogP contribution is -1.98. The number of nitrogens with two attached hydrogens (primary N) is 1.